The molecule has 0 aliphatic rings. The van der Waals surface area contributed by atoms with E-state index in [-0.39, 0.29) is 43.9 Å². The molecule has 0 bridgehead atoms. The molecule has 46 heavy (non-hydrogen) atoms. The molecule has 15 heteroatoms. The van der Waals surface area contributed by atoms with Crippen LogP contribution in [0.4, 0.5) is 0 Å². The van der Waals surface area contributed by atoms with E-state index >= 15 is 0 Å². The van der Waals surface area contributed by atoms with Crippen LogP contribution in [0.1, 0.15) is 30.4 Å². The van der Waals surface area contributed by atoms with Gasteiger partial charge in [0, 0.05) is 36.5 Å². The molecule has 3 aromatic rings. The van der Waals surface area contributed by atoms with E-state index in [0.717, 1.165) is 16.5 Å². The van der Waals surface area contributed by atoms with Crippen LogP contribution in [0.25, 0.3) is 10.9 Å². The molecule has 4 unspecified atom stereocenters. The van der Waals surface area contributed by atoms with Gasteiger partial charge < -0.3 is 48.3 Å². The first-order valence-electron chi connectivity index (χ1n) is 14.7. The second kappa shape index (κ2) is 17.7. The molecule has 0 spiro atoms. The first kappa shape index (κ1) is 35.7. The Bertz CT molecular complexity index is 1510. The van der Waals surface area contributed by atoms with Crippen molar-refractivity contribution in [2.24, 2.45) is 22.2 Å². The van der Waals surface area contributed by atoms with Crippen LogP contribution in [0, 0.1) is 0 Å². The van der Waals surface area contributed by atoms with E-state index in [2.05, 4.69) is 25.9 Å². The highest BCUT2D eigenvalue weighted by Crippen LogP contribution is 2.20. The number of guanidine groups is 1. The molecule has 3 amide bonds. The summed E-state index contributed by atoms with van der Waals surface area (Å²) >= 11 is 1.54. The minimum absolute atomic E-state index is 0.0164. The molecule has 2 aromatic carbocycles. The number of phenolic OH excluding ortho intramolecular Hbond substituents is 1. The zero-order valence-electron chi connectivity index (χ0n) is 25.6. The predicted octanol–water partition coefficient (Wildman–Crippen LogP) is 0.332. The molecular formula is C31H42N8O6S. The maximum Gasteiger partial charge on any atom is 0.326 e. The van der Waals surface area contributed by atoms with E-state index < -0.39 is 47.9 Å². The van der Waals surface area contributed by atoms with Crippen molar-refractivity contribution in [2.75, 3.05) is 18.6 Å². The fourth-order valence-electron chi connectivity index (χ4n) is 4.77. The van der Waals surface area contributed by atoms with E-state index in [9.17, 15) is 29.4 Å². The van der Waals surface area contributed by atoms with Crippen LogP contribution in [0.5, 0.6) is 5.75 Å². The summed E-state index contributed by atoms with van der Waals surface area (Å²) in [6.07, 6.45) is 4.44. The number of para-hydroxylation sites is 1. The summed E-state index contributed by atoms with van der Waals surface area (Å²) in [6, 6.07) is 8.98. The smallest absolute Gasteiger partial charge is 0.326 e. The van der Waals surface area contributed by atoms with Gasteiger partial charge in [-0.25, -0.2) is 4.79 Å². The molecule has 0 saturated carbocycles. The van der Waals surface area contributed by atoms with Crippen LogP contribution in [0.3, 0.4) is 0 Å². The number of aromatic hydroxyl groups is 1. The van der Waals surface area contributed by atoms with Crippen molar-refractivity contribution in [3.05, 3.63) is 65.9 Å². The maximum atomic E-state index is 13.8. The standard InChI is InChI=1S/C31H42N8O6S/c1-46-14-12-22(32)27(41)38-25(16-19-17-36-23-6-3-2-5-21(19)23)29(43)37-24(7-4-13-35-31(33)34)28(42)39-26(30(44)45)15-18-8-10-20(40)11-9-18/h2-3,5-6,8-11,17,22,24-26,36,40H,4,7,12-16,32H2,1H3,(H,37,43)(H,38,41)(H,39,42)(H,44,45)(H4,33,34,35). The number of carbonyl (C=O) groups excluding carboxylic acids is 3. The Morgan fingerprint density at radius 3 is 2.22 bits per heavy atom. The normalized spacial score (nSPS) is 13.6. The van der Waals surface area contributed by atoms with E-state index in [1.54, 1.807) is 30.1 Å². The number of aromatic nitrogens is 1. The number of benzene rings is 2. The van der Waals surface area contributed by atoms with Gasteiger partial charge in [-0.1, -0.05) is 30.3 Å². The number of hydrogen-bond acceptors (Lipinski definition) is 8. The van der Waals surface area contributed by atoms with Crippen molar-refractivity contribution >= 4 is 52.3 Å². The monoisotopic (exact) mass is 654 g/mol. The average Bonchev–Trinajstić information content (AvgIpc) is 3.43. The topological polar surface area (TPSA) is 251 Å². The number of aliphatic imine (C=N–C) groups is 1. The molecule has 0 radical (unpaired) electrons. The molecule has 0 aliphatic carbocycles. The predicted molar refractivity (Wildman–Crippen MR) is 178 cm³/mol. The number of aliphatic carboxylic acids is 1. The van der Waals surface area contributed by atoms with Crippen LogP contribution < -0.4 is 33.2 Å². The Kier molecular flexibility index (Phi) is 13.7. The van der Waals surface area contributed by atoms with Crippen LogP contribution in [-0.4, -0.2) is 87.6 Å². The summed E-state index contributed by atoms with van der Waals surface area (Å²) in [5.74, 6) is -2.65. The average molecular weight is 655 g/mol. The Morgan fingerprint density at radius 2 is 1.54 bits per heavy atom. The largest absolute Gasteiger partial charge is 0.508 e. The van der Waals surface area contributed by atoms with Gasteiger partial charge in [0.1, 0.15) is 23.9 Å². The quantitative estimate of drug-likeness (QED) is 0.0516. The third-order valence-corrected chi connectivity index (χ3v) is 7.91. The number of amides is 3. The van der Waals surface area contributed by atoms with Gasteiger partial charge in [-0.15, -0.1) is 0 Å². The number of nitrogens with two attached hydrogens (primary N) is 3. The lowest BCUT2D eigenvalue weighted by atomic mass is 10.0. The van der Waals surface area contributed by atoms with Crippen molar-refractivity contribution in [1.29, 1.82) is 0 Å². The molecule has 248 valence electrons. The fraction of sp³-hybridized carbons (Fsp3) is 0.387. The first-order valence-corrected chi connectivity index (χ1v) is 16.1. The van der Waals surface area contributed by atoms with Gasteiger partial charge in [0.05, 0.1) is 6.04 Å². The zero-order valence-corrected chi connectivity index (χ0v) is 26.4. The number of H-pyrrole nitrogens is 1. The van der Waals surface area contributed by atoms with E-state index in [4.69, 9.17) is 17.2 Å². The number of nitrogens with one attached hydrogen (secondary N) is 4. The number of carbonyl (C=O) groups is 4. The number of carboxylic acids is 1. The van der Waals surface area contributed by atoms with Crippen molar-refractivity contribution in [2.45, 2.75) is 56.3 Å². The van der Waals surface area contributed by atoms with E-state index in [1.165, 1.54) is 12.1 Å². The third-order valence-electron chi connectivity index (χ3n) is 7.27. The fourth-order valence-corrected chi connectivity index (χ4v) is 5.26. The number of aromatic amines is 1. The second-order valence-corrected chi connectivity index (χ2v) is 11.8. The lowest BCUT2D eigenvalue weighted by molar-refractivity contribution is -0.142. The van der Waals surface area contributed by atoms with Crippen molar-refractivity contribution in [3.63, 3.8) is 0 Å². The Hall–Kier alpha value is -4.76. The molecule has 12 N–H and O–H groups in total. The van der Waals surface area contributed by atoms with E-state index in [0.29, 0.717) is 17.7 Å². The van der Waals surface area contributed by atoms with Crippen LogP contribution >= 0.6 is 11.8 Å². The summed E-state index contributed by atoms with van der Waals surface area (Å²) in [4.78, 5) is 59.5. The number of carboxylic acid groups (broad SMARTS) is 1. The van der Waals surface area contributed by atoms with Gasteiger partial charge in [0.25, 0.3) is 0 Å². The summed E-state index contributed by atoms with van der Waals surface area (Å²) in [5.41, 5.74) is 19.1. The minimum Gasteiger partial charge on any atom is -0.508 e. The molecular weight excluding hydrogens is 612 g/mol. The molecule has 0 fully saturated rings. The third kappa shape index (κ3) is 11.0. The van der Waals surface area contributed by atoms with Gasteiger partial charge in [0.2, 0.25) is 17.7 Å². The number of phenols is 1. The molecule has 0 aliphatic heterocycles. The van der Waals surface area contributed by atoms with Crippen LogP contribution in [0.2, 0.25) is 0 Å². The molecule has 3 rings (SSSR count). The van der Waals surface area contributed by atoms with Gasteiger partial charge in [-0.3, -0.25) is 19.4 Å². The summed E-state index contributed by atoms with van der Waals surface area (Å²) in [5, 5.41) is 28.2. The lowest BCUT2D eigenvalue weighted by Gasteiger charge is -2.25. The van der Waals surface area contributed by atoms with Crippen molar-refractivity contribution in [1.82, 2.24) is 20.9 Å². The number of rotatable bonds is 18. The lowest BCUT2D eigenvalue weighted by Crippen LogP contribution is -2.57. The van der Waals surface area contributed by atoms with Gasteiger partial charge in [0.15, 0.2) is 5.96 Å². The molecule has 1 aromatic heterocycles. The molecule has 4 atom stereocenters. The van der Waals surface area contributed by atoms with E-state index in [1.807, 2.05) is 30.5 Å². The number of nitrogens with zero attached hydrogens (tertiary/aromatic N) is 1. The highest BCUT2D eigenvalue weighted by molar-refractivity contribution is 7.98. The number of hydrogen-bond donors (Lipinski definition) is 9. The summed E-state index contributed by atoms with van der Waals surface area (Å²) in [6.45, 7) is 0.164. The minimum atomic E-state index is -1.33. The van der Waals surface area contributed by atoms with Gasteiger partial charge in [-0.2, -0.15) is 11.8 Å². The maximum absolute atomic E-state index is 13.8. The Morgan fingerprint density at radius 1 is 0.891 bits per heavy atom. The molecule has 0 saturated heterocycles. The van der Waals surface area contributed by atoms with Crippen LogP contribution in [-0.2, 0) is 32.0 Å². The highest BCUT2D eigenvalue weighted by atomic mass is 32.2. The SMILES string of the molecule is CSCCC(N)C(=O)NC(Cc1c[nH]c2ccccc12)C(=O)NC(CCCN=C(N)N)C(=O)NC(Cc1ccc(O)cc1)C(=O)O. The Balaban J connectivity index is 1.84. The molecule has 14 nitrogen and oxygen atoms in total. The van der Waals surface area contributed by atoms with Gasteiger partial charge >= 0.3 is 5.97 Å². The summed E-state index contributed by atoms with van der Waals surface area (Å²) in [7, 11) is 0. The highest BCUT2D eigenvalue weighted by Gasteiger charge is 2.31. The van der Waals surface area contributed by atoms with Gasteiger partial charge in [-0.05, 0) is 60.6 Å². The number of fused-ring (bicyclic) bond motifs is 1. The summed E-state index contributed by atoms with van der Waals surface area (Å²) < 4.78 is 0. The number of thioether (sulfide) groups is 1. The van der Waals surface area contributed by atoms with Crippen molar-refractivity contribution < 1.29 is 29.4 Å². The van der Waals surface area contributed by atoms with Crippen LogP contribution in [0.15, 0.2) is 59.7 Å². The second-order valence-electron chi connectivity index (χ2n) is 10.8. The zero-order chi connectivity index (χ0) is 33.6. The molecule has 1 heterocycles. The van der Waals surface area contributed by atoms with Crippen molar-refractivity contribution in [3.8, 4) is 5.75 Å². The Labute approximate surface area is 271 Å². The first-order chi connectivity index (χ1) is 22.0.